The first-order chi connectivity index (χ1) is 13.8. The smallest absolute Gasteiger partial charge is 0.307 e. The first kappa shape index (κ1) is 20.1. The van der Waals surface area contributed by atoms with Crippen molar-refractivity contribution >= 4 is 49.1 Å². The minimum Gasteiger partial charge on any atom is -0.336 e. The standard InChI is InChI=1S/C19H18ClN3O4S2/c1-21-16-7-6-15(12-17(16)28-19(21)25)29(26,27)23-10-8-22(9-11-23)18(24)13-2-4-14(20)5-3-13/h2-7,12H,8-11H2,1H3. The van der Waals surface area contributed by atoms with Gasteiger partial charge in [0.1, 0.15) is 0 Å². The highest BCUT2D eigenvalue weighted by atomic mass is 35.5. The van der Waals surface area contributed by atoms with Gasteiger partial charge >= 0.3 is 4.87 Å². The van der Waals surface area contributed by atoms with Crippen molar-refractivity contribution in [2.24, 2.45) is 7.05 Å². The maximum Gasteiger partial charge on any atom is 0.307 e. The number of fused-ring (bicyclic) bond motifs is 1. The summed E-state index contributed by atoms with van der Waals surface area (Å²) in [6.07, 6.45) is 0. The normalized spacial score (nSPS) is 15.7. The Morgan fingerprint density at radius 1 is 1.03 bits per heavy atom. The van der Waals surface area contributed by atoms with Crippen LogP contribution in [0.1, 0.15) is 10.4 Å². The number of aromatic nitrogens is 1. The van der Waals surface area contributed by atoms with E-state index in [1.54, 1.807) is 48.3 Å². The Kier molecular flexibility index (Phi) is 5.24. The Hall–Kier alpha value is -2.20. The van der Waals surface area contributed by atoms with Gasteiger partial charge in [-0.2, -0.15) is 4.31 Å². The number of aryl methyl sites for hydroxylation is 1. The molecule has 1 amide bonds. The lowest BCUT2D eigenvalue weighted by Gasteiger charge is -2.34. The number of thiazole rings is 1. The number of carbonyl (C=O) groups is 1. The minimum atomic E-state index is -3.70. The molecule has 1 aromatic heterocycles. The van der Waals surface area contributed by atoms with E-state index in [0.717, 1.165) is 11.3 Å². The summed E-state index contributed by atoms with van der Waals surface area (Å²) in [5, 5.41) is 0.554. The Bertz CT molecular complexity index is 1240. The second kappa shape index (κ2) is 7.56. The summed E-state index contributed by atoms with van der Waals surface area (Å²) in [4.78, 5) is 26.1. The summed E-state index contributed by atoms with van der Waals surface area (Å²) in [6.45, 7) is 1.04. The number of nitrogens with zero attached hydrogens (tertiary/aromatic N) is 3. The van der Waals surface area contributed by atoms with E-state index in [0.29, 0.717) is 33.9 Å². The highest BCUT2D eigenvalue weighted by molar-refractivity contribution is 7.89. The van der Waals surface area contributed by atoms with Gasteiger partial charge in [0.2, 0.25) is 10.0 Å². The zero-order valence-electron chi connectivity index (χ0n) is 15.5. The van der Waals surface area contributed by atoms with Crippen LogP contribution in [0.3, 0.4) is 0 Å². The van der Waals surface area contributed by atoms with Crippen LogP contribution in [0.2, 0.25) is 5.02 Å². The number of sulfonamides is 1. The largest absolute Gasteiger partial charge is 0.336 e. The van der Waals surface area contributed by atoms with Crippen molar-refractivity contribution in [3.8, 4) is 0 Å². The van der Waals surface area contributed by atoms with Crippen LogP contribution in [0, 0.1) is 0 Å². The van der Waals surface area contributed by atoms with Crippen molar-refractivity contribution < 1.29 is 13.2 Å². The van der Waals surface area contributed by atoms with Crippen LogP contribution < -0.4 is 4.87 Å². The van der Waals surface area contributed by atoms with Gasteiger partial charge in [-0.1, -0.05) is 22.9 Å². The van der Waals surface area contributed by atoms with Crippen LogP contribution in [0.15, 0.2) is 52.2 Å². The molecule has 2 heterocycles. The fourth-order valence-electron chi connectivity index (χ4n) is 3.33. The summed E-state index contributed by atoms with van der Waals surface area (Å²) >= 11 is 6.88. The number of hydrogen-bond donors (Lipinski definition) is 0. The van der Waals surface area contributed by atoms with Gasteiger partial charge in [0.05, 0.1) is 15.1 Å². The first-order valence-electron chi connectivity index (χ1n) is 8.92. The van der Waals surface area contributed by atoms with E-state index in [-0.39, 0.29) is 28.8 Å². The monoisotopic (exact) mass is 451 g/mol. The number of piperazine rings is 1. The Balaban J connectivity index is 1.50. The predicted molar refractivity (Wildman–Crippen MR) is 113 cm³/mol. The maximum atomic E-state index is 13.0. The van der Waals surface area contributed by atoms with E-state index >= 15 is 0 Å². The van der Waals surface area contributed by atoms with Gasteiger partial charge < -0.3 is 9.47 Å². The topological polar surface area (TPSA) is 79.7 Å². The van der Waals surface area contributed by atoms with Crippen molar-refractivity contribution in [2.45, 2.75) is 4.90 Å². The van der Waals surface area contributed by atoms with Crippen LogP contribution in [-0.2, 0) is 17.1 Å². The fourth-order valence-corrected chi connectivity index (χ4v) is 5.90. The minimum absolute atomic E-state index is 0.135. The van der Waals surface area contributed by atoms with E-state index in [4.69, 9.17) is 11.6 Å². The molecule has 152 valence electrons. The molecule has 1 fully saturated rings. The van der Waals surface area contributed by atoms with Gasteiger partial charge in [-0.3, -0.25) is 9.59 Å². The Morgan fingerprint density at radius 2 is 1.69 bits per heavy atom. The summed E-state index contributed by atoms with van der Waals surface area (Å²) in [6, 6.07) is 11.4. The van der Waals surface area contributed by atoms with Crippen LogP contribution >= 0.6 is 22.9 Å². The molecule has 1 aliphatic rings. The van der Waals surface area contributed by atoms with Gasteiger partial charge in [0.15, 0.2) is 0 Å². The molecule has 10 heteroatoms. The number of amides is 1. The molecule has 0 unspecified atom stereocenters. The summed E-state index contributed by atoms with van der Waals surface area (Å²) in [7, 11) is -2.04. The molecule has 7 nitrogen and oxygen atoms in total. The zero-order chi connectivity index (χ0) is 20.8. The third-order valence-electron chi connectivity index (χ3n) is 5.02. The molecule has 0 aliphatic carbocycles. The van der Waals surface area contributed by atoms with Crippen molar-refractivity contribution in [3.63, 3.8) is 0 Å². The van der Waals surface area contributed by atoms with Crippen molar-refractivity contribution in [1.29, 1.82) is 0 Å². The van der Waals surface area contributed by atoms with Crippen molar-refractivity contribution in [3.05, 3.63) is 62.7 Å². The average Bonchev–Trinajstić information content (AvgIpc) is 3.01. The first-order valence-corrected chi connectivity index (χ1v) is 11.6. The molecule has 0 radical (unpaired) electrons. The number of benzene rings is 2. The van der Waals surface area contributed by atoms with E-state index in [2.05, 4.69) is 0 Å². The third-order valence-corrected chi connectivity index (χ3v) is 8.16. The second-order valence-corrected chi connectivity index (χ2v) is 10.1. The molecule has 0 N–H and O–H groups in total. The van der Waals surface area contributed by atoms with E-state index in [1.807, 2.05) is 0 Å². The van der Waals surface area contributed by atoms with Gasteiger partial charge in [-0.25, -0.2) is 8.42 Å². The molecule has 0 bridgehead atoms. The van der Waals surface area contributed by atoms with Crippen molar-refractivity contribution in [2.75, 3.05) is 26.2 Å². The molecule has 2 aromatic carbocycles. The number of carbonyl (C=O) groups excluding carboxylic acids is 1. The predicted octanol–water partition coefficient (Wildman–Crippen LogP) is 2.40. The molecular formula is C19H18ClN3O4S2. The number of hydrogen-bond acceptors (Lipinski definition) is 5. The summed E-state index contributed by atoms with van der Waals surface area (Å²) in [5.41, 5.74) is 1.23. The maximum absolute atomic E-state index is 13.0. The van der Waals surface area contributed by atoms with E-state index in [9.17, 15) is 18.0 Å². The Morgan fingerprint density at radius 3 is 2.34 bits per heavy atom. The highest BCUT2D eigenvalue weighted by Gasteiger charge is 2.30. The van der Waals surface area contributed by atoms with Crippen LogP contribution in [0.5, 0.6) is 0 Å². The SMILES string of the molecule is Cn1c(=O)sc2cc(S(=O)(=O)N3CCN(C(=O)c4ccc(Cl)cc4)CC3)ccc21. The molecule has 4 rings (SSSR count). The molecule has 29 heavy (non-hydrogen) atoms. The average molecular weight is 452 g/mol. The number of rotatable bonds is 3. The lowest BCUT2D eigenvalue weighted by atomic mass is 10.2. The molecule has 0 atom stereocenters. The zero-order valence-corrected chi connectivity index (χ0v) is 17.9. The van der Waals surface area contributed by atoms with Crippen LogP contribution in [0.25, 0.3) is 10.2 Å². The van der Waals surface area contributed by atoms with Gasteiger partial charge in [-0.15, -0.1) is 0 Å². The molecular weight excluding hydrogens is 434 g/mol. The van der Waals surface area contributed by atoms with E-state index < -0.39 is 10.0 Å². The van der Waals surface area contributed by atoms with Crippen LogP contribution in [-0.4, -0.2) is 54.3 Å². The second-order valence-electron chi connectivity index (χ2n) is 6.76. The van der Waals surface area contributed by atoms with Crippen LogP contribution in [0.4, 0.5) is 0 Å². The highest BCUT2D eigenvalue weighted by Crippen LogP contribution is 2.24. The third kappa shape index (κ3) is 3.71. The van der Waals surface area contributed by atoms with Gasteiger partial charge in [-0.05, 0) is 42.5 Å². The lowest BCUT2D eigenvalue weighted by molar-refractivity contribution is 0.0698. The molecule has 3 aromatic rings. The Labute approximate surface area is 176 Å². The van der Waals surface area contributed by atoms with Crippen molar-refractivity contribution in [1.82, 2.24) is 13.8 Å². The quantitative estimate of drug-likeness (QED) is 0.612. The molecule has 1 aliphatic heterocycles. The lowest BCUT2D eigenvalue weighted by Crippen LogP contribution is -2.50. The molecule has 0 saturated carbocycles. The summed E-state index contributed by atoms with van der Waals surface area (Å²) in [5.74, 6) is -0.144. The summed E-state index contributed by atoms with van der Waals surface area (Å²) < 4.78 is 29.6. The van der Waals surface area contributed by atoms with Gasteiger partial charge in [0.25, 0.3) is 5.91 Å². The fraction of sp³-hybridized carbons (Fsp3) is 0.263. The molecule has 1 saturated heterocycles. The number of halogens is 1. The molecule has 0 spiro atoms. The van der Waals surface area contributed by atoms with E-state index in [1.165, 1.54) is 14.9 Å². The van der Waals surface area contributed by atoms with Gasteiger partial charge in [0, 0.05) is 43.8 Å².